The highest BCUT2D eigenvalue weighted by molar-refractivity contribution is 5.89. The Balaban J connectivity index is 1.42. The molecule has 136 valence electrons. The molecule has 5 nitrogen and oxygen atoms in total. The molecule has 0 spiro atoms. The lowest BCUT2D eigenvalue weighted by Gasteiger charge is -2.02. The highest BCUT2D eigenvalue weighted by atomic mass is 19.1. The number of hydrogen-bond acceptors (Lipinski definition) is 3. The van der Waals surface area contributed by atoms with Crippen molar-refractivity contribution in [2.75, 3.05) is 0 Å². The van der Waals surface area contributed by atoms with Gasteiger partial charge in [-0.1, -0.05) is 35.5 Å². The molecule has 0 aliphatic heterocycles. The second-order valence-corrected chi connectivity index (χ2v) is 6.40. The Kier molecular flexibility index (Phi) is 4.46. The largest absolute Gasteiger partial charge is 0.356 e. The standard InChI is InChI=1S/C21H18FN3O2/c1-25-13-14(16-6-3-5-9-19(16)25)10-21(26)23-12-15-11-20(27-24-15)17-7-2-4-8-18(17)22/h2-9,11,13H,10,12H2,1H3,(H,23,26). The maximum atomic E-state index is 13.8. The van der Waals surface area contributed by atoms with Crippen LogP contribution < -0.4 is 5.32 Å². The number of benzene rings is 2. The van der Waals surface area contributed by atoms with Gasteiger partial charge in [-0.2, -0.15) is 0 Å². The van der Waals surface area contributed by atoms with Crippen LogP contribution in [0.1, 0.15) is 11.3 Å². The molecule has 0 fully saturated rings. The zero-order valence-electron chi connectivity index (χ0n) is 14.8. The summed E-state index contributed by atoms with van der Waals surface area (Å²) in [6.07, 6.45) is 2.25. The first kappa shape index (κ1) is 17.0. The minimum Gasteiger partial charge on any atom is -0.356 e. The molecule has 0 saturated heterocycles. The van der Waals surface area contributed by atoms with Gasteiger partial charge in [0.05, 0.1) is 18.5 Å². The Labute approximate surface area is 155 Å². The van der Waals surface area contributed by atoms with Crippen molar-refractivity contribution in [3.63, 3.8) is 0 Å². The predicted octanol–water partition coefficient (Wildman–Crippen LogP) is 3.83. The van der Waals surface area contributed by atoms with Crippen LogP contribution in [-0.2, 0) is 24.8 Å². The van der Waals surface area contributed by atoms with Crippen molar-refractivity contribution < 1.29 is 13.7 Å². The number of carbonyl (C=O) groups is 1. The SMILES string of the molecule is Cn1cc(CC(=O)NCc2cc(-c3ccccc3F)on2)c2ccccc21. The van der Waals surface area contributed by atoms with Crippen molar-refractivity contribution in [1.29, 1.82) is 0 Å². The molecule has 2 heterocycles. The Morgan fingerprint density at radius 3 is 2.81 bits per heavy atom. The van der Waals surface area contributed by atoms with E-state index >= 15 is 0 Å². The number of para-hydroxylation sites is 1. The fourth-order valence-corrected chi connectivity index (χ4v) is 3.17. The fourth-order valence-electron chi connectivity index (χ4n) is 3.17. The highest BCUT2D eigenvalue weighted by Gasteiger charge is 2.13. The summed E-state index contributed by atoms with van der Waals surface area (Å²) in [6.45, 7) is 0.224. The van der Waals surface area contributed by atoms with Crippen LogP contribution in [0, 0.1) is 5.82 Å². The molecule has 2 aromatic heterocycles. The topological polar surface area (TPSA) is 60.1 Å². The van der Waals surface area contributed by atoms with Crippen molar-refractivity contribution in [2.24, 2.45) is 7.05 Å². The number of fused-ring (bicyclic) bond motifs is 1. The van der Waals surface area contributed by atoms with E-state index < -0.39 is 0 Å². The van der Waals surface area contributed by atoms with Gasteiger partial charge in [0.15, 0.2) is 5.76 Å². The molecule has 2 aromatic carbocycles. The maximum Gasteiger partial charge on any atom is 0.224 e. The summed E-state index contributed by atoms with van der Waals surface area (Å²) in [5.41, 5.74) is 2.95. The normalized spacial score (nSPS) is 11.0. The summed E-state index contributed by atoms with van der Waals surface area (Å²) < 4.78 is 21.0. The van der Waals surface area contributed by atoms with E-state index in [2.05, 4.69) is 10.5 Å². The predicted molar refractivity (Wildman–Crippen MR) is 100 cm³/mol. The number of carbonyl (C=O) groups excluding carboxylic acids is 1. The second kappa shape index (κ2) is 7.07. The van der Waals surface area contributed by atoms with E-state index in [0.717, 1.165) is 16.5 Å². The number of halogens is 1. The molecule has 0 saturated carbocycles. The van der Waals surface area contributed by atoms with E-state index in [-0.39, 0.29) is 24.7 Å². The van der Waals surface area contributed by atoms with Crippen LogP contribution in [0.3, 0.4) is 0 Å². The number of nitrogens with zero attached hydrogens (tertiary/aromatic N) is 2. The van der Waals surface area contributed by atoms with Gasteiger partial charge in [0.1, 0.15) is 11.5 Å². The average molecular weight is 363 g/mol. The van der Waals surface area contributed by atoms with Gasteiger partial charge in [0.25, 0.3) is 0 Å². The molecule has 1 amide bonds. The van der Waals surface area contributed by atoms with E-state index in [1.165, 1.54) is 6.07 Å². The van der Waals surface area contributed by atoms with E-state index in [4.69, 9.17) is 4.52 Å². The fraction of sp³-hybridized carbons (Fsp3) is 0.143. The summed E-state index contributed by atoms with van der Waals surface area (Å²) >= 11 is 0. The lowest BCUT2D eigenvalue weighted by Crippen LogP contribution is -2.24. The van der Waals surface area contributed by atoms with Crippen LogP contribution >= 0.6 is 0 Å². The smallest absolute Gasteiger partial charge is 0.224 e. The molecule has 0 aliphatic carbocycles. The minimum absolute atomic E-state index is 0.109. The summed E-state index contributed by atoms with van der Waals surface area (Å²) in [7, 11) is 1.96. The van der Waals surface area contributed by atoms with E-state index in [0.29, 0.717) is 17.0 Å². The Morgan fingerprint density at radius 2 is 1.96 bits per heavy atom. The Morgan fingerprint density at radius 1 is 1.19 bits per heavy atom. The molecule has 4 aromatic rings. The summed E-state index contributed by atoms with van der Waals surface area (Å²) in [5.74, 6) is -0.145. The van der Waals surface area contributed by atoms with Crippen molar-refractivity contribution in [3.05, 3.63) is 77.9 Å². The van der Waals surface area contributed by atoms with Gasteiger partial charge in [0, 0.05) is 30.2 Å². The van der Waals surface area contributed by atoms with Gasteiger partial charge >= 0.3 is 0 Å². The molecule has 0 atom stereocenters. The van der Waals surface area contributed by atoms with E-state index in [1.54, 1.807) is 24.3 Å². The zero-order chi connectivity index (χ0) is 18.8. The quantitative estimate of drug-likeness (QED) is 0.586. The van der Waals surface area contributed by atoms with E-state index in [1.807, 2.05) is 42.1 Å². The van der Waals surface area contributed by atoms with Gasteiger partial charge < -0.3 is 14.4 Å². The van der Waals surface area contributed by atoms with Gasteiger partial charge in [-0.25, -0.2) is 4.39 Å². The molecular formula is C21H18FN3O2. The second-order valence-electron chi connectivity index (χ2n) is 6.40. The maximum absolute atomic E-state index is 13.8. The number of nitrogens with one attached hydrogen (secondary N) is 1. The monoisotopic (exact) mass is 363 g/mol. The van der Waals surface area contributed by atoms with Crippen LogP contribution in [-0.4, -0.2) is 15.6 Å². The number of aryl methyl sites for hydroxylation is 1. The van der Waals surface area contributed by atoms with Gasteiger partial charge in [-0.3, -0.25) is 4.79 Å². The molecule has 1 N–H and O–H groups in total. The third-order valence-electron chi connectivity index (χ3n) is 4.50. The summed E-state index contributed by atoms with van der Waals surface area (Å²) in [4.78, 5) is 12.3. The molecular weight excluding hydrogens is 345 g/mol. The lowest BCUT2D eigenvalue weighted by atomic mass is 10.1. The van der Waals surface area contributed by atoms with Crippen LogP contribution in [0.5, 0.6) is 0 Å². The van der Waals surface area contributed by atoms with E-state index in [9.17, 15) is 9.18 Å². The lowest BCUT2D eigenvalue weighted by molar-refractivity contribution is -0.120. The number of amides is 1. The van der Waals surface area contributed by atoms with Crippen molar-refractivity contribution in [1.82, 2.24) is 15.0 Å². The Hall–Kier alpha value is -3.41. The molecule has 0 radical (unpaired) electrons. The molecule has 0 bridgehead atoms. The van der Waals surface area contributed by atoms with Gasteiger partial charge in [-0.05, 0) is 23.8 Å². The zero-order valence-corrected chi connectivity index (χ0v) is 14.8. The van der Waals surface area contributed by atoms with Crippen LogP contribution in [0.15, 0.2) is 65.3 Å². The first-order chi connectivity index (χ1) is 13.1. The van der Waals surface area contributed by atoms with Crippen LogP contribution in [0.25, 0.3) is 22.2 Å². The molecule has 6 heteroatoms. The minimum atomic E-state index is -0.375. The molecule has 0 aliphatic rings. The highest BCUT2D eigenvalue weighted by Crippen LogP contribution is 2.23. The van der Waals surface area contributed by atoms with Crippen molar-refractivity contribution in [3.8, 4) is 11.3 Å². The van der Waals surface area contributed by atoms with Gasteiger partial charge in [0.2, 0.25) is 5.91 Å². The van der Waals surface area contributed by atoms with Gasteiger partial charge in [-0.15, -0.1) is 0 Å². The van der Waals surface area contributed by atoms with Crippen LogP contribution in [0.2, 0.25) is 0 Å². The average Bonchev–Trinajstić information content (AvgIpc) is 3.26. The third kappa shape index (κ3) is 3.46. The number of rotatable bonds is 5. The summed E-state index contributed by atoms with van der Waals surface area (Å²) in [6, 6.07) is 15.9. The third-order valence-corrected chi connectivity index (χ3v) is 4.50. The van der Waals surface area contributed by atoms with Crippen LogP contribution in [0.4, 0.5) is 4.39 Å². The summed E-state index contributed by atoms with van der Waals surface area (Å²) in [5, 5.41) is 7.81. The first-order valence-corrected chi connectivity index (χ1v) is 8.62. The van der Waals surface area contributed by atoms with Crippen molar-refractivity contribution in [2.45, 2.75) is 13.0 Å². The van der Waals surface area contributed by atoms with Crippen molar-refractivity contribution >= 4 is 16.8 Å². The molecule has 4 rings (SSSR count). The molecule has 0 unspecified atom stereocenters. The number of hydrogen-bond donors (Lipinski definition) is 1. The Bertz CT molecular complexity index is 1110. The first-order valence-electron chi connectivity index (χ1n) is 8.62. The number of aromatic nitrogens is 2. The molecule has 27 heavy (non-hydrogen) atoms.